The first-order valence-electron chi connectivity index (χ1n) is 10.6. The standard InChI is InChI=1S/C24H25N3O5/c1-31-19-7-3-2-6-16(19)15-21-24(30)26-18-14-17(9-10-20(18)32-21)23(29)25-11-5-13-27-12-4-8-22(27)28/h2-3,6-7,9-10,14-15H,4-5,8,11-13H2,1H3,(H,25,29)(H,26,30)/b21-15-. The number of rotatable bonds is 7. The zero-order chi connectivity index (χ0) is 22.5. The lowest BCUT2D eigenvalue weighted by Crippen LogP contribution is -2.30. The number of nitrogens with zero attached hydrogens (tertiary/aromatic N) is 1. The van der Waals surface area contributed by atoms with E-state index in [2.05, 4.69) is 10.6 Å². The molecular formula is C24H25N3O5. The Hall–Kier alpha value is -3.81. The van der Waals surface area contributed by atoms with Crippen molar-refractivity contribution in [2.24, 2.45) is 0 Å². The highest BCUT2D eigenvalue weighted by atomic mass is 16.5. The number of carbonyl (C=O) groups is 3. The maximum atomic E-state index is 12.5. The molecule has 0 spiro atoms. The summed E-state index contributed by atoms with van der Waals surface area (Å²) < 4.78 is 11.1. The number of anilines is 1. The van der Waals surface area contributed by atoms with Gasteiger partial charge in [0.05, 0.1) is 12.8 Å². The van der Waals surface area contributed by atoms with Crippen LogP contribution in [0.5, 0.6) is 11.5 Å². The number of benzene rings is 2. The summed E-state index contributed by atoms with van der Waals surface area (Å²) in [5.41, 5.74) is 1.57. The van der Waals surface area contributed by atoms with Crippen LogP contribution in [-0.2, 0) is 9.59 Å². The molecule has 0 aromatic heterocycles. The van der Waals surface area contributed by atoms with Crippen LogP contribution in [0.2, 0.25) is 0 Å². The van der Waals surface area contributed by atoms with Crippen molar-refractivity contribution in [2.45, 2.75) is 19.3 Å². The SMILES string of the molecule is COc1ccccc1/C=C1\Oc2ccc(C(=O)NCCCN3CCCC3=O)cc2NC1=O. The van der Waals surface area contributed by atoms with Crippen molar-refractivity contribution in [3.05, 3.63) is 59.4 Å². The number of hydrogen-bond donors (Lipinski definition) is 2. The summed E-state index contributed by atoms with van der Waals surface area (Å²) in [4.78, 5) is 38.5. The highest BCUT2D eigenvalue weighted by Crippen LogP contribution is 2.33. The first-order valence-corrected chi connectivity index (χ1v) is 10.6. The third kappa shape index (κ3) is 4.74. The molecule has 2 aromatic carbocycles. The molecule has 2 heterocycles. The van der Waals surface area contributed by atoms with Crippen LogP contribution < -0.4 is 20.1 Å². The second-order valence-corrected chi connectivity index (χ2v) is 7.61. The van der Waals surface area contributed by atoms with Gasteiger partial charge in [0.1, 0.15) is 5.75 Å². The van der Waals surface area contributed by atoms with Crippen molar-refractivity contribution >= 4 is 29.5 Å². The van der Waals surface area contributed by atoms with E-state index in [1.807, 2.05) is 23.1 Å². The summed E-state index contributed by atoms with van der Waals surface area (Å²) in [5.74, 6) is 0.746. The Balaban J connectivity index is 1.38. The smallest absolute Gasteiger partial charge is 0.291 e. The van der Waals surface area contributed by atoms with Crippen molar-refractivity contribution in [1.82, 2.24) is 10.2 Å². The van der Waals surface area contributed by atoms with Crippen molar-refractivity contribution in [1.29, 1.82) is 0 Å². The largest absolute Gasteiger partial charge is 0.496 e. The van der Waals surface area contributed by atoms with Crippen molar-refractivity contribution < 1.29 is 23.9 Å². The van der Waals surface area contributed by atoms with E-state index in [0.29, 0.717) is 48.7 Å². The van der Waals surface area contributed by atoms with Crippen LogP contribution in [0.3, 0.4) is 0 Å². The van der Waals surface area contributed by atoms with E-state index in [4.69, 9.17) is 9.47 Å². The van der Waals surface area contributed by atoms with Gasteiger partial charge in [-0.25, -0.2) is 0 Å². The lowest BCUT2D eigenvalue weighted by atomic mass is 10.1. The Kier molecular flexibility index (Phi) is 6.39. The zero-order valence-electron chi connectivity index (χ0n) is 17.8. The number of fused-ring (bicyclic) bond motifs is 1. The minimum Gasteiger partial charge on any atom is -0.496 e. The quantitative estimate of drug-likeness (QED) is 0.515. The van der Waals surface area contributed by atoms with Gasteiger partial charge in [0, 0.05) is 37.2 Å². The lowest BCUT2D eigenvalue weighted by Gasteiger charge is -2.21. The molecule has 0 saturated carbocycles. The van der Waals surface area contributed by atoms with E-state index in [1.54, 1.807) is 37.5 Å². The summed E-state index contributed by atoms with van der Waals surface area (Å²) >= 11 is 0. The van der Waals surface area contributed by atoms with Gasteiger partial charge in [0.2, 0.25) is 5.91 Å². The number of carbonyl (C=O) groups excluding carboxylic acids is 3. The van der Waals surface area contributed by atoms with E-state index in [9.17, 15) is 14.4 Å². The Morgan fingerprint density at radius 3 is 2.88 bits per heavy atom. The maximum Gasteiger partial charge on any atom is 0.291 e. The van der Waals surface area contributed by atoms with Gasteiger partial charge < -0.3 is 25.0 Å². The number of methoxy groups -OCH3 is 1. The average molecular weight is 435 g/mol. The van der Waals surface area contributed by atoms with Gasteiger partial charge in [-0.3, -0.25) is 14.4 Å². The number of hydrogen-bond acceptors (Lipinski definition) is 5. The summed E-state index contributed by atoms with van der Waals surface area (Å²) in [6.07, 6.45) is 3.83. The van der Waals surface area contributed by atoms with Crippen LogP contribution in [-0.4, -0.2) is 49.4 Å². The van der Waals surface area contributed by atoms with Gasteiger partial charge in [-0.1, -0.05) is 18.2 Å². The number of amides is 3. The molecule has 2 aliphatic heterocycles. The second-order valence-electron chi connectivity index (χ2n) is 7.61. The summed E-state index contributed by atoms with van der Waals surface area (Å²) in [6, 6.07) is 12.2. The molecule has 0 aliphatic carbocycles. The zero-order valence-corrected chi connectivity index (χ0v) is 17.8. The molecule has 0 atom stereocenters. The van der Waals surface area contributed by atoms with E-state index in [1.165, 1.54) is 0 Å². The number of ether oxygens (including phenoxy) is 2. The topological polar surface area (TPSA) is 97.0 Å². The first kappa shape index (κ1) is 21.4. The van der Waals surface area contributed by atoms with E-state index in [0.717, 1.165) is 18.5 Å². The lowest BCUT2D eigenvalue weighted by molar-refractivity contribution is -0.127. The van der Waals surface area contributed by atoms with Gasteiger partial charge in [-0.2, -0.15) is 0 Å². The molecule has 0 bridgehead atoms. The molecule has 8 heteroatoms. The van der Waals surface area contributed by atoms with Crippen LogP contribution >= 0.6 is 0 Å². The normalized spacial score (nSPS) is 16.4. The fraction of sp³-hybridized carbons (Fsp3) is 0.292. The summed E-state index contributed by atoms with van der Waals surface area (Å²) in [7, 11) is 1.56. The van der Waals surface area contributed by atoms with Gasteiger partial charge in [0.25, 0.3) is 11.8 Å². The predicted octanol–water partition coefficient (Wildman–Crippen LogP) is 2.81. The average Bonchev–Trinajstić information content (AvgIpc) is 3.21. The highest BCUT2D eigenvalue weighted by molar-refractivity contribution is 6.09. The number of likely N-dealkylation sites (tertiary alicyclic amines) is 1. The Bertz CT molecular complexity index is 1080. The molecule has 2 aromatic rings. The third-order valence-corrected chi connectivity index (χ3v) is 5.42. The van der Waals surface area contributed by atoms with Crippen LogP contribution in [0.25, 0.3) is 6.08 Å². The molecule has 3 amide bonds. The Labute approximate surface area is 186 Å². The molecule has 4 rings (SSSR count). The van der Waals surface area contributed by atoms with Crippen LogP contribution in [0.1, 0.15) is 35.2 Å². The van der Waals surface area contributed by atoms with Gasteiger partial charge in [-0.15, -0.1) is 0 Å². The fourth-order valence-corrected chi connectivity index (χ4v) is 3.74. The van der Waals surface area contributed by atoms with Gasteiger partial charge in [-0.05, 0) is 43.2 Å². The molecule has 1 saturated heterocycles. The molecule has 0 unspecified atom stereocenters. The number of nitrogens with one attached hydrogen (secondary N) is 2. The van der Waals surface area contributed by atoms with E-state index >= 15 is 0 Å². The molecule has 1 fully saturated rings. The molecular weight excluding hydrogens is 410 g/mol. The predicted molar refractivity (Wildman–Crippen MR) is 119 cm³/mol. The van der Waals surface area contributed by atoms with Gasteiger partial charge >= 0.3 is 0 Å². The van der Waals surface area contributed by atoms with Crippen LogP contribution in [0, 0.1) is 0 Å². The third-order valence-electron chi connectivity index (χ3n) is 5.42. The monoisotopic (exact) mass is 435 g/mol. The molecule has 32 heavy (non-hydrogen) atoms. The molecule has 8 nitrogen and oxygen atoms in total. The molecule has 2 aliphatic rings. The Morgan fingerprint density at radius 1 is 1.25 bits per heavy atom. The second kappa shape index (κ2) is 9.55. The van der Waals surface area contributed by atoms with Crippen molar-refractivity contribution in [3.63, 3.8) is 0 Å². The van der Waals surface area contributed by atoms with Crippen LogP contribution in [0.15, 0.2) is 48.2 Å². The van der Waals surface area contributed by atoms with Crippen LogP contribution in [0.4, 0.5) is 5.69 Å². The van der Waals surface area contributed by atoms with Gasteiger partial charge in [0.15, 0.2) is 11.5 Å². The Morgan fingerprint density at radius 2 is 2.09 bits per heavy atom. The van der Waals surface area contributed by atoms with Crippen molar-refractivity contribution in [2.75, 3.05) is 32.1 Å². The molecule has 2 N–H and O–H groups in total. The molecule has 166 valence electrons. The minimum atomic E-state index is -0.406. The van der Waals surface area contributed by atoms with E-state index < -0.39 is 5.91 Å². The first-order chi connectivity index (χ1) is 15.5. The van der Waals surface area contributed by atoms with E-state index in [-0.39, 0.29) is 17.6 Å². The highest BCUT2D eigenvalue weighted by Gasteiger charge is 2.24. The fourth-order valence-electron chi connectivity index (χ4n) is 3.74. The maximum absolute atomic E-state index is 12.5. The summed E-state index contributed by atoms with van der Waals surface area (Å²) in [5, 5.41) is 5.63. The number of para-hydroxylation sites is 1. The van der Waals surface area contributed by atoms with Crippen molar-refractivity contribution in [3.8, 4) is 11.5 Å². The summed E-state index contributed by atoms with van der Waals surface area (Å²) in [6.45, 7) is 1.91. The minimum absolute atomic E-state index is 0.135. The molecule has 0 radical (unpaired) electrons.